The minimum atomic E-state index is -0.511. The number of hydrogen-bond acceptors (Lipinski definition) is 3. The largest absolute Gasteiger partial charge is 0.497 e. The van der Waals surface area contributed by atoms with Crippen molar-refractivity contribution in [3.05, 3.63) is 29.8 Å². The summed E-state index contributed by atoms with van der Waals surface area (Å²) in [6, 6.07) is 7.62. The Labute approximate surface area is 110 Å². The van der Waals surface area contributed by atoms with E-state index < -0.39 is 6.10 Å². The molecule has 0 aliphatic heterocycles. The van der Waals surface area contributed by atoms with Crippen LogP contribution in [0.4, 0.5) is 0 Å². The van der Waals surface area contributed by atoms with Crippen molar-refractivity contribution >= 4 is 0 Å². The molecule has 0 fully saturated rings. The summed E-state index contributed by atoms with van der Waals surface area (Å²) in [5, 5.41) is 10.6. The summed E-state index contributed by atoms with van der Waals surface area (Å²) >= 11 is 0. The smallest absolute Gasteiger partial charge is 0.118 e. The van der Waals surface area contributed by atoms with Gasteiger partial charge in [-0.2, -0.15) is 0 Å². The lowest BCUT2D eigenvalue weighted by Gasteiger charge is -2.41. The first-order valence-corrected chi connectivity index (χ1v) is 6.54. The predicted molar refractivity (Wildman–Crippen MR) is 75.0 cm³/mol. The van der Waals surface area contributed by atoms with E-state index in [1.807, 2.05) is 24.3 Å². The summed E-state index contributed by atoms with van der Waals surface area (Å²) in [7, 11) is 1.64. The van der Waals surface area contributed by atoms with Gasteiger partial charge in [-0.15, -0.1) is 0 Å². The number of benzene rings is 1. The van der Waals surface area contributed by atoms with Crippen LogP contribution in [0, 0.1) is 0 Å². The van der Waals surface area contributed by atoms with Crippen LogP contribution in [0.1, 0.15) is 39.4 Å². The molecule has 0 heterocycles. The highest BCUT2D eigenvalue weighted by Gasteiger charge is 2.33. The molecule has 1 N–H and O–H groups in total. The first-order valence-electron chi connectivity index (χ1n) is 6.54. The number of methoxy groups -OCH3 is 1. The number of ether oxygens (including phenoxy) is 1. The molecule has 1 unspecified atom stereocenters. The van der Waals surface area contributed by atoms with Gasteiger partial charge in [0.05, 0.1) is 13.2 Å². The zero-order valence-corrected chi connectivity index (χ0v) is 12.1. The number of aliphatic hydroxyl groups is 1. The lowest BCUT2D eigenvalue weighted by atomic mass is 9.89. The van der Waals surface area contributed by atoms with Crippen LogP contribution >= 0.6 is 0 Å². The van der Waals surface area contributed by atoms with Crippen LogP contribution < -0.4 is 4.74 Å². The van der Waals surface area contributed by atoms with E-state index in [2.05, 4.69) is 32.6 Å². The molecule has 1 aromatic carbocycles. The first-order chi connectivity index (χ1) is 8.47. The average molecular weight is 251 g/mol. The standard InChI is InChI=1S/C15H25NO2/c1-6-16(7-2)15(3,4)14(17)12-8-10-13(18-5)11-9-12/h8-11,14,17H,6-7H2,1-5H3. The van der Waals surface area contributed by atoms with Gasteiger partial charge in [0.2, 0.25) is 0 Å². The molecule has 0 saturated heterocycles. The molecular formula is C15H25NO2. The Hall–Kier alpha value is -1.06. The fraction of sp³-hybridized carbons (Fsp3) is 0.600. The van der Waals surface area contributed by atoms with Crippen LogP contribution in [-0.4, -0.2) is 35.7 Å². The van der Waals surface area contributed by atoms with Crippen molar-refractivity contribution in [2.75, 3.05) is 20.2 Å². The molecule has 0 amide bonds. The van der Waals surface area contributed by atoms with Gasteiger partial charge < -0.3 is 9.84 Å². The number of likely N-dealkylation sites (N-methyl/N-ethyl adjacent to an activating group) is 1. The fourth-order valence-corrected chi connectivity index (χ4v) is 2.41. The average Bonchev–Trinajstić information content (AvgIpc) is 2.39. The van der Waals surface area contributed by atoms with Crippen LogP contribution in [0.5, 0.6) is 5.75 Å². The summed E-state index contributed by atoms with van der Waals surface area (Å²) in [6.07, 6.45) is -0.511. The highest BCUT2D eigenvalue weighted by molar-refractivity contribution is 5.29. The zero-order chi connectivity index (χ0) is 13.8. The normalized spacial score (nSPS) is 13.7. The molecule has 0 bridgehead atoms. The Morgan fingerprint density at radius 3 is 2.06 bits per heavy atom. The maximum Gasteiger partial charge on any atom is 0.118 e. The van der Waals surface area contributed by atoms with E-state index in [1.54, 1.807) is 7.11 Å². The Bertz CT molecular complexity index is 355. The summed E-state index contributed by atoms with van der Waals surface area (Å²) < 4.78 is 5.13. The van der Waals surface area contributed by atoms with Crippen LogP contribution in [0.3, 0.4) is 0 Å². The third kappa shape index (κ3) is 3.03. The molecule has 0 saturated carbocycles. The number of hydrogen-bond donors (Lipinski definition) is 1. The summed E-state index contributed by atoms with van der Waals surface area (Å²) in [6.45, 7) is 10.2. The molecule has 1 atom stereocenters. The zero-order valence-electron chi connectivity index (χ0n) is 12.1. The summed E-state index contributed by atoms with van der Waals surface area (Å²) in [5.41, 5.74) is 0.644. The lowest BCUT2D eigenvalue weighted by molar-refractivity contribution is -0.00628. The topological polar surface area (TPSA) is 32.7 Å². The Morgan fingerprint density at radius 1 is 1.17 bits per heavy atom. The van der Waals surface area contributed by atoms with Crippen LogP contribution in [-0.2, 0) is 0 Å². The van der Waals surface area contributed by atoms with E-state index in [0.717, 1.165) is 24.4 Å². The molecule has 1 aromatic rings. The molecule has 3 heteroatoms. The molecule has 0 radical (unpaired) electrons. The number of aliphatic hydroxyl groups excluding tert-OH is 1. The van der Waals surface area contributed by atoms with Gasteiger partial charge in [-0.25, -0.2) is 0 Å². The molecule has 0 aliphatic carbocycles. The first kappa shape index (κ1) is 15.0. The lowest BCUT2D eigenvalue weighted by Crippen LogP contribution is -2.48. The van der Waals surface area contributed by atoms with E-state index in [0.29, 0.717) is 0 Å². The molecule has 18 heavy (non-hydrogen) atoms. The van der Waals surface area contributed by atoms with Crippen molar-refractivity contribution in [2.45, 2.75) is 39.3 Å². The fourth-order valence-electron chi connectivity index (χ4n) is 2.41. The molecule has 0 aromatic heterocycles. The van der Waals surface area contributed by atoms with Gasteiger partial charge in [-0.1, -0.05) is 26.0 Å². The van der Waals surface area contributed by atoms with E-state index in [1.165, 1.54) is 0 Å². The van der Waals surface area contributed by atoms with Crippen LogP contribution in [0.25, 0.3) is 0 Å². The van der Waals surface area contributed by atoms with Gasteiger partial charge in [-0.3, -0.25) is 4.90 Å². The van der Waals surface area contributed by atoms with Gasteiger partial charge in [0.25, 0.3) is 0 Å². The minimum absolute atomic E-state index is 0.280. The van der Waals surface area contributed by atoms with Crippen LogP contribution in [0.15, 0.2) is 24.3 Å². The molecule has 102 valence electrons. The maximum absolute atomic E-state index is 10.6. The Kier molecular flexibility index (Phi) is 5.17. The van der Waals surface area contributed by atoms with Crippen molar-refractivity contribution < 1.29 is 9.84 Å². The van der Waals surface area contributed by atoms with E-state index in [4.69, 9.17) is 4.74 Å². The highest BCUT2D eigenvalue weighted by Crippen LogP contribution is 2.31. The van der Waals surface area contributed by atoms with Gasteiger partial charge in [0.15, 0.2) is 0 Å². The second kappa shape index (κ2) is 6.21. The SMILES string of the molecule is CCN(CC)C(C)(C)C(O)c1ccc(OC)cc1. The Balaban J connectivity index is 2.93. The molecule has 3 nitrogen and oxygen atoms in total. The van der Waals surface area contributed by atoms with Crippen LogP contribution in [0.2, 0.25) is 0 Å². The Morgan fingerprint density at radius 2 is 1.67 bits per heavy atom. The number of rotatable bonds is 6. The van der Waals surface area contributed by atoms with Crippen molar-refractivity contribution in [2.24, 2.45) is 0 Å². The quantitative estimate of drug-likeness (QED) is 0.844. The minimum Gasteiger partial charge on any atom is -0.497 e. The second-order valence-corrected chi connectivity index (χ2v) is 5.00. The van der Waals surface area contributed by atoms with Crippen molar-refractivity contribution in [1.29, 1.82) is 0 Å². The van der Waals surface area contributed by atoms with Crippen molar-refractivity contribution in [3.8, 4) is 5.75 Å². The third-order valence-corrected chi connectivity index (χ3v) is 3.68. The molecular weight excluding hydrogens is 226 g/mol. The second-order valence-electron chi connectivity index (χ2n) is 5.00. The van der Waals surface area contributed by atoms with Gasteiger partial charge in [0.1, 0.15) is 5.75 Å². The maximum atomic E-state index is 10.6. The monoisotopic (exact) mass is 251 g/mol. The highest BCUT2D eigenvalue weighted by atomic mass is 16.5. The van der Waals surface area contributed by atoms with Gasteiger partial charge in [-0.05, 0) is 44.6 Å². The molecule has 1 rings (SSSR count). The summed E-state index contributed by atoms with van der Waals surface area (Å²) in [5.74, 6) is 0.812. The van der Waals surface area contributed by atoms with E-state index >= 15 is 0 Å². The third-order valence-electron chi connectivity index (χ3n) is 3.68. The number of nitrogens with zero attached hydrogens (tertiary/aromatic N) is 1. The van der Waals surface area contributed by atoms with Crippen molar-refractivity contribution in [3.63, 3.8) is 0 Å². The van der Waals surface area contributed by atoms with Gasteiger partial charge in [0, 0.05) is 5.54 Å². The van der Waals surface area contributed by atoms with E-state index in [-0.39, 0.29) is 5.54 Å². The predicted octanol–water partition coefficient (Wildman–Crippen LogP) is 2.85. The molecule has 0 aliphatic rings. The summed E-state index contributed by atoms with van der Waals surface area (Å²) in [4.78, 5) is 2.27. The van der Waals surface area contributed by atoms with Gasteiger partial charge >= 0.3 is 0 Å². The van der Waals surface area contributed by atoms with E-state index in [9.17, 15) is 5.11 Å². The molecule has 0 spiro atoms. The van der Waals surface area contributed by atoms with Crippen molar-refractivity contribution in [1.82, 2.24) is 4.90 Å².